The average molecular weight is 593 g/mol. The second-order valence-electron chi connectivity index (χ2n) is 11.4. The van der Waals surface area contributed by atoms with Crippen molar-refractivity contribution in [1.82, 2.24) is 0 Å². The minimum atomic E-state index is 0.783. The zero-order chi connectivity index (χ0) is 30.5. The van der Waals surface area contributed by atoms with Crippen LogP contribution in [0.5, 0.6) is 23.0 Å². The molecule has 0 amide bonds. The molecule has 0 atom stereocenters. The number of ether oxygens (including phenoxy) is 2. The smallest absolute Gasteiger partial charge is 0.155 e. The van der Waals surface area contributed by atoms with Crippen molar-refractivity contribution in [2.45, 2.75) is 0 Å². The summed E-state index contributed by atoms with van der Waals surface area (Å²) in [7, 11) is 0. The van der Waals surface area contributed by atoms with Crippen LogP contribution in [0.3, 0.4) is 0 Å². The van der Waals surface area contributed by atoms with E-state index in [9.17, 15) is 0 Å². The fraction of sp³-hybridized carbons (Fsp3) is 0. The molecule has 0 aromatic heterocycles. The van der Waals surface area contributed by atoms with Gasteiger partial charge in [-0.2, -0.15) is 0 Å². The van der Waals surface area contributed by atoms with E-state index >= 15 is 0 Å². The number of benzene rings is 7. The maximum Gasteiger partial charge on any atom is 0.155 e. The van der Waals surface area contributed by atoms with Crippen molar-refractivity contribution in [1.29, 1.82) is 0 Å². The molecule has 218 valence electrons. The topological polar surface area (TPSA) is 24.9 Å². The highest BCUT2D eigenvalue weighted by Crippen LogP contribution is 2.59. The summed E-state index contributed by atoms with van der Waals surface area (Å²) in [6, 6.07) is 59.0. The Morgan fingerprint density at radius 1 is 0.348 bits per heavy atom. The number of fused-ring (bicyclic) bond motifs is 4. The van der Waals surface area contributed by atoms with Crippen LogP contribution in [0.4, 0.5) is 34.1 Å². The van der Waals surface area contributed by atoms with Crippen molar-refractivity contribution in [2.75, 3.05) is 9.80 Å². The fourth-order valence-corrected chi connectivity index (χ4v) is 6.47. The monoisotopic (exact) mass is 592 g/mol. The van der Waals surface area contributed by atoms with Crippen molar-refractivity contribution in [3.8, 4) is 45.3 Å². The Labute approximate surface area is 268 Å². The molecule has 0 aliphatic carbocycles. The van der Waals surface area contributed by atoms with Gasteiger partial charge in [0.2, 0.25) is 0 Å². The number of rotatable bonds is 5. The van der Waals surface area contributed by atoms with Crippen LogP contribution in [0.2, 0.25) is 0 Å². The summed E-state index contributed by atoms with van der Waals surface area (Å²) < 4.78 is 12.7. The van der Waals surface area contributed by atoms with Crippen LogP contribution in [-0.4, -0.2) is 0 Å². The average Bonchev–Trinajstić information content (AvgIpc) is 3.13. The van der Waals surface area contributed by atoms with E-state index in [1.807, 2.05) is 48.5 Å². The number of para-hydroxylation sites is 5. The minimum Gasteiger partial charge on any atom is -0.453 e. The molecule has 2 heterocycles. The SMILES string of the molecule is c1ccc(N(c2ccccc2)c2ccc(-c3cccc(-c4ccc5c(c4)Oc4cccc6c4N5c4ccccc4O6)c3)cc2)cc1. The van der Waals surface area contributed by atoms with E-state index in [2.05, 4.69) is 131 Å². The second kappa shape index (κ2) is 10.7. The van der Waals surface area contributed by atoms with Gasteiger partial charge in [-0.1, -0.05) is 91.0 Å². The molecule has 4 nitrogen and oxygen atoms in total. The van der Waals surface area contributed by atoms with E-state index in [1.165, 1.54) is 0 Å². The van der Waals surface area contributed by atoms with Gasteiger partial charge in [-0.15, -0.1) is 0 Å². The van der Waals surface area contributed by atoms with E-state index in [0.717, 1.165) is 79.4 Å². The van der Waals surface area contributed by atoms with Gasteiger partial charge >= 0.3 is 0 Å². The summed E-state index contributed by atoms with van der Waals surface area (Å²) in [6.45, 7) is 0. The van der Waals surface area contributed by atoms with Gasteiger partial charge in [0, 0.05) is 17.1 Å². The first-order valence-corrected chi connectivity index (χ1v) is 15.4. The molecule has 2 aliphatic rings. The Morgan fingerprint density at radius 3 is 1.57 bits per heavy atom. The van der Waals surface area contributed by atoms with Gasteiger partial charge in [0.05, 0.1) is 11.4 Å². The second-order valence-corrected chi connectivity index (χ2v) is 11.4. The molecule has 0 spiro atoms. The maximum absolute atomic E-state index is 6.50. The Morgan fingerprint density at radius 2 is 0.848 bits per heavy atom. The van der Waals surface area contributed by atoms with Crippen molar-refractivity contribution < 1.29 is 9.47 Å². The van der Waals surface area contributed by atoms with Gasteiger partial charge < -0.3 is 14.4 Å². The standard InChI is InChI=1S/C42H28N2O2/c1-3-13-33(14-4-1)43(34-15-5-2-6-16-34)35-24-21-29(22-25-35)30-11-9-12-31(27-30)32-23-26-37-41(28-32)46-40-20-10-19-39-42(40)44(37)36-17-7-8-18-38(36)45-39/h1-28H. The van der Waals surface area contributed by atoms with E-state index in [4.69, 9.17) is 9.47 Å². The highest BCUT2D eigenvalue weighted by atomic mass is 16.5. The third-order valence-corrected chi connectivity index (χ3v) is 8.62. The van der Waals surface area contributed by atoms with Gasteiger partial charge in [-0.05, 0) is 101 Å². The van der Waals surface area contributed by atoms with Crippen LogP contribution in [0.25, 0.3) is 22.3 Å². The highest BCUT2D eigenvalue weighted by Gasteiger charge is 2.34. The van der Waals surface area contributed by atoms with Crippen LogP contribution in [0, 0.1) is 0 Å². The zero-order valence-electron chi connectivity index (χ0n) is 24.9. The zero-order valence-corrected chi connectivity index (χ0v) is 24.9. The first-order valence-electron chi connectivity index (χ1n) is 15.4. The maximum atomic E-state index is 6.50. The van der Waals surface area contributed by atoms with Gasteiger partial charge in [0.25, 0.3) is 0 Å². The first kappa shape index (κ1) is 26.2. The van der Waals surface area contributed by atoms with Gasteiger partial charge in [0.15, 0.2) is 23.0 Å². The minimum absolute atomic E-state index is 0.783. The van der Waals surface area contributed by atoms with Crippen LogP contribution in [0.1, 0.15) is 0 Å². The Balaban J connectivity index is 1.06. The summed E-state index contributed by atoms with van der Waals surface area (Å²) in [5.41, 5.74) is 10.8. The Kier molecular flexibility index (Phi) is 6.10. The highest BCUT2D eigenvalue weighted by molar-refractivity contribution is 5.94. The summed E-state index contributed by atoms with van der Waals surface area (Å²) in [5.74, 6) is 3.22. The molecular weight excluding hydrogens is 564 g/mol. The lowest BCUT2D eigenvalue weighted by Crippen LogP contribution is -2.20. The summed E-state index contributed by atoms with van der Waals surface area (Å²) in [5, 5.41) is 0. The number of hydrogen-bond donors (Lipinski definition) is 0. The van der Waals surface area contributed by atoms with Crippen molar-refractivity contribution in [3.63, 3.8) is 0 Å². The van der Waals surface area contributed by atoms with Crippen LogP contribution < -0.4 is 19.3 Å². The normalized spacial score (nSPS) is 12.2. The van der Waals surface area contributed by atoms with Crippen molar-refractivity contribution >= 4 is 34.1 Å². The summed E-state index contributed by atoms with van der Waals surface area (Å²) in [4.78, 5) is 4.53. The lowest BCUT2D eigenvalue weighted by Gasteiger charge is -2.37. The lowest BCUT2D eigenvalue weighted by atomic mass is 9.97. The largest absolute Gasteiger partial charge is 0.453 e. The number of hydrogen-bond acceptors (Lipinski definition) is 4. The van der Waals surface area contributed by atoms with E-state index in [-0.39, 0.29) is 0 Å². The van der Waals surface area contributed by atoms with Crippen LogP contribution in [0.15, 0.2) is 170 Å². The molecule has 0 N–H and O–H groups in total. The van der Waals surface area contributed by atoms with E-state index in [1.54, 1.807) is 0 Å². The van der Waals surface area contributed by atoms with Crippen LogP contribution in [-0.2, 0) is 0 Å². The number of anilines is 6. The first-order chi connectivity index (χ1) is 22.8. The molecule has 0 radical (unpaired) electrons. The predicted octanol–water partition coefficient (Wildman–Crippen LogP) is 12.2. The molecule has 7 aromatic carbocycles. The van der Waals surface area contributed by atoms with E-state index < -0.39 is 0 Å². The lowest BCUT2D eigenvalue weighted by molar-refractivity contribution is 0.446. The Hall–Kier alpha value is -6.26. The third kappa shape index (κ3) is 4.39. The van der Waals surface area contributed by atoms with Gasteiger partial charge in [0.1, 0.15) is 5.69 Å². The molecule has 4 heteroatoms. The molecule has 46 heavy (non-hydrogen) atoms. The summed E-state index contributed by atoms with van der Waals surface area (Å²) >= 11 is 0. The van der Waals surface area contributed by atoms with Gasteiger partial charge in [-0.3, -0.25) is 4.90 Å². The van der Waals surface area contributed by atoms with Crippen LogP contribution >= 0.6 is 0 Å². The fourth-order valence-electron chi connectivity index (χ4n) is 6.47. The molecule has 0 unspecified atom stereocenters. The van der Waals surface area contributed by atoms with Crippen molar-refractivity contribution in [3.05, 3.63) is 170 Å². The summed E-state index contributed by atoms with van der Waals surface area (Å²) in [6.07, 6.45) is 0. The third-order valence-electron chi connectivity index (χ3n) is 8.62. The predicted molar refractivity (Wildman–Crippen MR) is 187 cm³/mol. The molecule has 7 aromatic rings. The molecule has 2 aliphatic heterocycles. The van der Waals surface area contributed by atoms with Gasteiger partial charge in [-0.25, -0.2) is 0 Å². The molecule has 0 saturated carbocycles. The van der Waals surface area contributed by atoms with Crippen molar-refractivity contribution in [2.24, 2.45) is 0 Å². The molecule has 9 rings (SSSR count). The quantitative estimate of drug-likeness (QED) is 0.198. The number of nitrogens with zero attached hydrogens (tertiary/aromatic N) is 2. The molecule has 0 fully saturated rings. The van der Waals surface area contributed by atoms with E-state index in [0.29, 0.717) is 0 Å². The Bertz CT molecular complexity index is 2170. The molecule has 0 bridgehead atoms. The molecular formula is C42H28N2O2. The molecule has 0 saturated heterocycles.